The van der Waals surface area contributed by atoms with Gasteiger partial charge in [0.1, 0.15) is 0 Å². The molecule has 2 rings (SSSR count). The van der Waals surface area contributed by atoms with Gasteiger partial charge in [0.25, 0.3) is 0 Å². The Kier molecular flexibility index (Phi) is 8.58. The fourth-order valence-corrected chi connectivity index (χ4v) is 3.96. The Morgan fingerprint density at radius 2 is 1.89 bits per heavy atom. The standard InChI is InChI=1S/C22H37N3O2/c1-6-11-21(27-7-2)14-23-22(26)25-15-17(3)24(18(4)19(25)5)16-20-12-9-8-10-13-20/h8-10,12-13,17-19,21H,6-7,11,14-16H2,1-5H3,(H,23,26). The monoisotopic (exact) mass is 375 g/mol. The molecule has 0 bridgehead atoms. The summed E-state index contributed by atoms with van der Waals surface area (Å²) in [5.41, 5.74) is 1.32. The van der Waals surface area contributed by atoms with Gasteiger partial charge < -0.3 is 15.0 Å². The summed E-state index contributed by atoms with van der Waals surface area (Å²) < 4.78 is 5.73. The summed E-state index contributed by atoms with van der Waals surface area (Å²) in [6.07, 6.45) is 2.14. The molecule has 1 aliphatic heterocycles. The highest BCUT2D eigenvalue weighted by molar-refractivity contribution is 5.74. The molecule has 5 heteroatoms. The number of nitrogens with zero attached hydrogens (tertiary/aromatic N) is 2. The number of hydrogen-bond acceptors (Lipinski definition) is 3. The third-order valence-electron chi connectivity index (χ3n) is 5.70. The Morgan fingerprint density at radius 1 is 1.19 bits per heavy atom. The van der Waals surface area contributed by atoms with E-state index >= 15 is 0 Å². The maximum absolute atomic E-state index is 12.8. The molecule has 4 atom stereocenters. The lowest BCUT2D eigenvalue weighted by Gasteiger charge is -2.48. The summed E-state index contributed by atoms with van der Waals surface area (Å²) >= 11 is 0. The third kappa shape index (κ3) is 5.94. The van der Waals surface area contributed by atoms with E-state index in [0.29, 0.717) is 25.2 Å². The highest BCUT2D eigenvalue weighted by Gasteiger charge is 2.37. The topological polar surface area (TPSA) is 44.8 Å². The molecule has 0 aromatic heterocycles. The lowest BCUT2D eigenvalue weighted by atomic mass is 9.99. The number of amides is 2. The van der Waals surface area contributed by atoms with Crippen molar-refractivity contribution in [2.24, 2.45) is 0 Å². The molecule has 1 heterocycles. The number of carbonyl (C=O) groups excluding carboxylic acids is 1. The summed E-state index contributed by atoms with van der Waals surface area (Å²) in [7, 11) is 0. The van der Waals surface area contributed by atoms with Crippen molar-refractivity contribution in [2.75, 3.05) is 19.7 Å². The van der Waals surface area contributed by atoms with Crippen LogP contribution >= 0.6 is 0 Å². The number of carbonyl (C=O) groups is 1. The second kappa shape index (κ2) is 10.7. The van der Waals surface area contributed by atoms with Gasteiger partial charge in [-0.15, -0.1) is 0 Å². The van der Waals surface area contributed by atoms with Crippen LogP contribution in [0.2, 0.25) is 0 Å². The highest BCUT2D eigenvalue weighted by atomic mass is 16.5. The Balaban J connectivity index is 1.94. The molecule has 2 amide bonds. The van der Waals surface area contributed by atoms with Gasteiger partial charge in [-0.3, -0.25) is 4.90 Å². The molecule has 0 spiro atoms. The van der Waals surface area contributed by atoms with E-state index in [0.717, 1.165) is 25.9 Å². The molecular formula is C22H37N3O2. The van der Waals surface area contributed by atoms with E-state index in [2.05, 4.69) is 68.2 Å². The van der Waals surface area contributed by atoms with E-state index in [4.69, 9.17) is 4.74 Å². The number of ether oxygens (including phenoxy) is 1. The van der Waals surface area contributed by atoms with Crippen molar-refractivity contribution in [1.29, 1.82) is 0 Å². The van der Waals surface area contributed by atoms with Crippen molar-refractivity contribution in [3.63, 3.8) is 0 Å². The smallest absolute Gasteiger partial charge is 0.317 e. The van der Waals surface area contributed by atoms with Gasteiger partial charge in [-0.05, 0) is 39.7 Å². The van der Waals surface area contributed by atoms with Crippen molar-refractivity contribution < 1.29 is 9.53 Å². The Morgan fingerprint density at radius 3 is 2.52 bits per heavy atom. The van der Waals surface area contributed by atoms with Gasteiger partial charge in [0, 0.05) is 44.4 Å². The van der Waals surface area contributed by atoms with E-state index in [1.54, 1.807) is 0 Å². The number of hydrogen-bond donors (Lipinski definition) is 1. The summed E-state index contributed by atoms with van der Waals surface area (Å²) in [5.74, 6) is 0. The zero-order chi connectivity index (χ0) is 19.8. The van der Waals surface area contributed by atoms with Crippen LogP contribution < -0.4 is 5.32 Å². The zero-order valence-electron chi connectivity index (χ0n) is 17.6. The first-order valence-electron chi connectivity index (χ1n) is 10.4. The summed E-state index contributed by atoms with van der Waals surface area (Å²) in [6, 6.07) is 11.4. The van der Waals surface area contributed by atoms with Gasteiger partial charge in [-0.25, -0.2) is 4.79 Å². The average molecular weight is 376 g/mol. The molecule has 152 valence electrons. The van der Waals surface area contributed by atoms with Crippen LogP contribution in [0.3, 0.4) is 0 Å². The number of benzene rings is 1. The van der Waals surface area contributed by atoms with E-state index < -0.39 is 0 Å². The predicted molar refractivity (Wildman–Crippen MR) is 111 cm³/mol. The van der Waals surface area contributed by atoms with Gasteiger partial charge in [0.2, 0.25) is 0 Å². The van der Waals surface area contributed by atoms with Gasteiger partial charge in [0.05, 0.1) is 6.10 Å². The van der Waals surface area contributed by atoms with Gasteiger partial charge >= 0.3 is 6.03 Å². The number of nitrogens with one attached hydrogen (secondary N) is 1. The molecule has 0 aliphatic carbocycles. The zero-order valence-corrected chi connectivity index (χ0v) is 17.6. The lowest BCUT2D eigenvalue weighted by Crippen LogP contribution is -2.63. The molecule has 1 saturated heterocycles. The minimum atomic E-state index is 0.0290. The lowest BCUT2D eigenvalue weighted by molar-refractivity contribution is 0.0108. The average Bonchev–Trinajstić information content (AvgIpc) is 2.67. The molecule has 1 aromatic rings. The van der Waals surface area contributed by atoms with Crippen LogP contribution in [0, 0.1) is 0 Å². The van der Waals surface area contributed by atoms with E-state index in [9.17, 15) is 4.79 Å². The van der Waals surface area contributed by atoms with Gasteiger partial charge in [-0.1, -0.05) is 43.7 Å². The van der Waals surface area contributed by atoms with Crippen molar-refractivity contribution in [1.82, 2.24) is 15.1 Å². The van der Waals surface area contributed by atoms with Crippen LogP contribution in [0.4, 0.5) is 4.79 Å². The molecule has 5 nitrogen and oxygen atoms in total. The Labute approximate surface area is 165 Å². The minimum absolute atomic E-state index is 0.0290. The van der Waals surface area contributed by atoms with Crippen molar-refractivity contribution in [2.45, 2.75) is 78.2 Å². The second-order valence-corrected chi connectivity index (χ2v) is 7.69. The second-order valence-electron chi connectivity index (χ2n) is 7.69. The molecule has 27 heavy (non-hydrogen) atoms. The van der Waals surface area contributed by atoms with E-state index in [1.165, 1.54) is 5.56 Å². The number of rotatable bonds is 8. The molecule has 1 N–H and O–H groups in total. The Bertz CT molecular complexity index is 560. The molecule has 1 aliphatic rings. The molecule has 1 fully saturated rings. The summed E-state index contributed by atoms with van der Waals surface area (Å²) in [5, 5.41) is 3.10. The highest BCUT2D eigenvalue weighted by Crippen LogP contribution is 2.24. The summed E-state index contributed by atoms with van der Waals surface area (Å²) in [6.45, 7) is 13.7. The van der Waals surface area contributed by atoms with Gasteiger partial charge in [0.15, 0.2) is 0 Å². The first kappa shape index (κ1) is 21.7. The maximum atomic E-state index is 12.8. The normalized spacial score (nSPS) is 24.6. The van der Waals surface area contributed by atoms with E-state index in [1.807, 2.05) is 11.8 Å². The minimum Gasteiger partial charge on any atom is -0.377 e. The summed E-state index contributed by atoms with van der Waals surface area (Å²) in [4.78, 5) is 17.3. The first-order valence-corrected chi connectivity index (χ1v) is 10.4. The van der Waals surface area contributed by atoms with Crippen LogP contribution in [-0.4, -0.2) is 59.8 Å². The van der Waals surface area contributed by atoms with Crippen LogP contribution in [0.1, 0.15) is 53.0 Å². The van der Waals surface area contributed by atoms with Crippen LogP contribution in [-0.2, 0) is 11.3 Å². The quantitative estimate of drug-likeness (QED) is 0.750. The van der Waals surface area contributed by atoms with Crippen molar-refractivity contribution >= 4 is 6.03 Å². The van der Waals surface area contributed by atoms with Crippen LogP contribution in [0.5, 0.6) is 0 Å². The largest absolute Gasteiger partial charge is 0.377 e. The number of urea groups is 1. The SMILES string of the molecule is CCCC(CNC(=O)N1CC(C)N(Cc2ccccc2)C(C)C1C)OCC. The van der Waals surface area contributed by atoms with Crippen molar-refractivity contribution in [3.8, 4) is 0 Å². The molecule has 0 saturated carbocycles. The third-order valence-corrected chi connectivity index (χ3v) is 5.70. The molecule has 1 aromatic carbocycles. The number of piperazine rings is 1. The van der Waals surface area contributed by atoms with E-state index in [-0.39, 0.29) is 18.2 Å². The first-order chi connectivity index (χ1) is 13.0. The predicted octanol–water partition coefficient (Wildman–Crippen LogP) is 3.88. The Hall–Kier alpha value is -1.59. The fraction of sp³-hybridized carbons (Fsp3) is 0.682. The molecule has 4 unspecified atom stereocenters. The molecule has 0 radical (unpaired) electrons. The molecular weight excluding hydrogens is 338 g/mol. The van der Waals surface area contributed by atoms with Crippen molar-refractivity contribution in [3.05, 3.63) is 35.9 Å². The fourth-order valence-electron chi connectivity index (χ4n) is 3.96. The van der Waals surface area contributed by atoms with Gasteiger partial charge in [-0.2, -0.15) is 0 Å². The maximum Gasteiger partial charge on any atom is 0.317 e. The van der Waals surface area contributed by atoms with Crippen LogP contribution in [0.25, 0.3) is 0 Å². The van der Waals surface area contributed by atoms with Crippen LogP contribution in [0.15, 0.2) is 30.3 Å².